The molecule has 0 saturated carbocycles. The van der Waals surface area contributed by atoms with Gasteiger partial charge in [0.2, 0.25) is 5.60 Å². The fourth-order valence-corrected chi connectivity index (χ4v) is 0.208. The molecule has 0 unspecified atom stereocenters. The maximum absolute atomic E-state index is 9.86. The highest BCUT2D eigenvalue weighted by Gasteiger charge is 2.22. The first kappa shape index (κ1) is 8.11. The zero-order valence-electron chi connectivity index (χ0n) is 4.57. The van der Waals surface area contributed by atoms with Gasteiger partial charge in [-0.05, 0) is 0 Å². The van der Waals surface area contributed by atoms with E-state index in [4.69, 9.17) is 10.4 Å². The first-order valence-corrected chi connectivity index (χ1v) is 2.11. The van der Waals surface area contributed by atoms with Crippen molar-refractivity contribution in [1.82, 2.24) is 0 Å². The Hall–Kier alpha value is -0.890. The second kappa shape index (κ2) is 3.20. The van der Waals surface area contributed by atoms with Crippen molar-refractivity contribution in [2.24, 2.45) is 0 Å². The second-order valence-corrected chi connectivity index (χ2v) is 1.46. The predicted molar refractivity (Wildman–Crippen MR) is 28.4 cm³/mol. The van der Waals surface area contributed by atoms with Crippen LogP contribution in [-0.4, -0.2) is 28.9 Å². The van der Waals surface area contributed by atoms with E-state index in [1.165, 1.54) is 0 Å². The minimum Gasteiger partial charge on any atom is -0.369 e. The van der Waals surface area contributed by atoms with Crippen molar-refractivity contribution < 1.29 is 20.0 Å². The number of carbonyl (C=O) groups is 1. The molecule has 9 heavy (non-hydrogen) atoms. The first-order chi connectivity index (χ1) is 4.18. The van der Waals surface area contributed by atoms with Gasteiger partial charge in [0.1, 0.15) is 6.61 Å². The van der Waals surface area contributed by atoms with Gasteiger partial charge in [-0.2, -0.15) is 0 Å². The van der Waals surface area contributed by atoms with Gasteiger partial charge >= 0.3 is 0 Å². The zero-order valence-corrected chi connectivity index (χ0v) is 4.57. The van der Waals surface area contributed by atoms with Crippen LogP contribution in [0.2, 0.25) is 0 Å². The predicted octanol–water partition coefficient (Wildman–Crippen LogP) is -0.961. The number of carbonyl (C=O) groups excluding carboxylic acids is 1. The average molecular weight is 130 g/mol. The molecule has 0 spiro atoms. The molecule has 0 rings (SSSR count). The number of hydrogen-bond donors (Lipinski definition) is 2. The smallest absolute Gasteiger partial charge is 0.207 e. The SMILES string of the molecule is C#C[C@](O)(C=O)COO. The van der Waals surface area contributed by atoms with Crippen LogP contribution in [0.5, 0.6) is 0 Å². The van der Waals surface area contributed by atoms with Crippen molar-refractivity contribution in [3.63, 3.8) is 0 Å². The van der Waals surface area contributed by atoms with Crippen molar-refractivity contribution in [2.75, 3.05) is 6.61 Å². The molecule has 0 radical (unpaired) electrons. The Morgan fingerprint density at radius 2 is 2.44 bits per heavy atom. The first-order valence-electron chi connectivity index (χ1n) is 2.11. The lowest BCUT2D eigenvalue weighted by Gasteiger charge is -2.09. The minimum absolute atomic E-state index is 0.114. The van der Waals surface area contributed by atoms with Gasteiger partial charge in [0.25, 0.3) is 0 Å². The molecular weight excluding hydrogens is 124 g/mol. The van der Waals surface area contributed by atoms with Crippen LogP contribution in [0.1, 0.15) is 0 Å². The fraction of sp³-hybridized carbons (Fsp3) is 0.400. The molecule has 4 heteroatoms. The fourth-order valence-electron chi connectivity index (χ4n) is 0.208. The third-order valence-corrected chi connectivity index (χ3v) is 0.730. The van der Waals surface area contributed by atoms with Crippen LogP contribution in [0.25, 0.3) is 0 Å². The third kappa shape index (κ3) is 2.24. The molecule has 0 aliphatic heterocycles. The average Bonchev–Trinajstić information content (AvgIpc) is 1.89. The molecule has 1 atom stereocenters. The monoisotopic (exact) mass is 130 g/mol. The lowest BCUT2D eigenvalue weighted by molar-refractivity contribution is -0.260. The maximum atomic E-state index is 9.86. The standard InChI is InChI=1S/C5H6O4/c1-2-5(7,3-6)4-9-8/h1,3,7-8H,4H2/t5-/m0/s1. The summed E-state index contributed by atoms with van der Waals surface area (Å²) in [6.07, 6.45) is 4.80. The molecule has 0 aliphatic carbocycles. The lowest BCUT2D eigenvalue weighted by Crippen LogP contribution is -2.33. The third-order valence-electron chi connectivity index (χ3n) is 0.730. The van der Waals surface area contributed by atoms with E-state index in [-0.39, 0.29) is 6.29 Å². The second-order valence-electron chi connectivity index (χ2n) is 1.46. The van der Waals surface area contributed by atoms with E-state index >= 15 is 0 Å². The molecule has 2 N–H and O–H groups in total. The highest BCUT2D eigenvalue weighted by atomic mass is 17.1. The van der Waals surface area contributed by atoms with Gasteiger partial charge in [0.15, 0.2) is 6.29 Å². The van der Waals surface area contributed by atoms with Gasteiger partial charge in [0.05, 0.1) is 0 Å². The van der Waals surface area contributed by atoms with Crippen LogP contribution in [-0.2, 0) is 9.68 Å². The van der Waals surface area contributed by atoms with E-state index in [2.05, 4.69) is 11.3 Å². The summed E-state index contributed by atoms with van der Waals surface area (Å²) in [5.41, 5.74) is -1.99. The normalized spacial score (nSPS) is 15.7. The summed E-state index contributed by atoms with van der Waals surface area (Å²) in [5, 5.41) is 16.5. The van der Waals surface area contributed by atoms with Crippen LogP contribution in [0, 0.1) is 12.3 Å². The number of aliphatic hydroxyl groups is 1. The number of rotatable bonds is 3. The zero-order chi connectivity index (χ0) is 7.33. The molecule has 0 aliphatic rings. The lowest BCUT2D eigenvalue weighted by atomic mass is 10.1. The summed E-state index contributed by atoms with van der Waals surface area (Å²) < 4.78 is 0. The van der Waals surface area contributed by atoms with Crippen molar-refractivity contribution >= 4 is 6.29 Å². The summed E-state index contributed by atoms with van der Waals surface area (Å²) in [4.78, 5) is 13.3. The van der Waals surface area contributed by atoms with Crippen LogP contribution >= 0.6 is 0 Å². The molecule has 0 bridgehead atoms. The van der Waals surface area contributed by atoms with Gasteiger partial charge in [-0.1, -0.05) is 5.92 Å². The van der Waals surface area contributed by atoms with Crippen molar-refractivity contribution in [3.05, 3.63) is 0 Å². The van der Waals surface area contributed by atoms with Gasteiger partial charge in [-0.25, -0.2) is 4.89 Å². The highest BCUT2D eigenvalue weighted by Crippen LogP contribution is 1.96. The molecule has 0 saturated heterocycles. The van der Waals surface area contributed by atoms with E-state index in [1.54, 1.807) is 5.92 Å². The quantitative estimate of drug-likeness (QED) is 0.223. The Kier molecular flexibility index (Phi) is 2.88. The molecule has 0 heterocycles. The summed E-state index contributed by atoms with van der Waals surface area (Å²) >= 11 is 0. The molecule has 4 nitrogen and oxygen atoms in total. The molecular formula is C5H6O4. The number of terminal acetylenes is 1. The molecule has 50 valence electrons. The van der Waals surface area contributed by atoms with E-state index in [1.807, 2.05) is 0 Å². The van der Waals surface area contributed by atoms with E-state index in [0.29, 0.717) is 0 Å². The molecule has 0 fully saturated rings. The van der Waals surface area contributed by atoms with Crippen LogP contribution in [0.4, 0.5) is 0 Å². The number of hydrogen-bond acceptors (Lipinski definition) is 4. The summed E-state index contributed by atoms with van der Waals surface area (Å²) in [5.74, 6) is 1.73. The molecule has 0 amide bonds. The van der Waals surface area contributed by atoms with Crippen LogP contribution in [0.15, 0.2) is 0 Å². The number of aldehydes is 1. The molecule has 0 aromatic carbocycles. The summed E-state index contributed by atoms with van der Waals surface area (Å²) in [6, 6.07) is 0. The Balaban J connectivity index is 3.96. The van der Waals surface area contributed by atoms with E-state index in [9.17, 15) is 4.79 Å². The molecule has 0 aromatic rings. The van der Waals surface area contributed by atoms with E-state index in [0.717, 1.165) is 0 Å². The Morgan fingerprint density at radius 3 is 2.56 bits per heavy atom. The summed E-state index contributed by atoms with van der Waals surface area (Å²) in [7, 11) is 0. The van der Waals surface area contributed by atoms with Gasteiger partial charge in [0, 0.05) is 0 Å². The van der Waals surface area contributed by atoms with Crippen molar-refractivity contribution in [3.8, 4) is 12.3 Å². The topological polar surface area (TPSA) is 66.8 Å². The van der Waals surface area contributed by atoms with Crippen LogP contribution in [0.3, 0.4) is 0 Å². The van der Waals surface area contributed by atoms with Crippen molar-refractivity contribution in [1.29, 1.82) is 0 Å². The summed E-state index contributed by atoms with van der Waals surface area (Å²) in [6.45, 7) is -0.604. The molecule has 0 aromatic heterocycles. The van der Waals surface area contributed by atoms with Gasteiger partial charge in [-0.15, -0.1) is 6.42 Å². The van der Waals surface area contributed by atoms with Crippen LogP contribution < -0.4 is 0 Å². The highest BCUT2D eigenvalue weighted by molar-refractivity contribution is 5.67. The Labute approximate surface area is 52.0 Å². The Morgan fingerprint density at radius 1 is 1.89 bits per heavy atom. The van der Waals surface area contributed by atoms with E-state index < -0.39 is 12.2 Å². The Bertz CT molecular complexity index is 136. The van der Waals surface area contributed by atoms with Gasteiger partial charge < -0.3 is 5.11 Å². The van der Waals surface area contributed by atoms with Crippen molar-refractivity contribution in [2.45, 2.75) is 5.60 Å². The minimum atomic E-state index is -1.99. The van der Waals surface area contributed by atoms with Gasteiger partial charge in [-0.3, -0.25) is 10.1 Å². The maximum Gasteiger partial charge on any atom is 0.207 e. The largest absolute Gasteiger partial charge is 0.369 e.